The first-order valence-electron chi connectivity index (χ1n) is 8.61. The predicted molar refractivity (Wildman–Crippen MR) is 95.3 cm³/mol. The summed E-state index contributed by atoms with van der Waals surface area (Å²) < 4.78 is 13.3. The van der Waals surface area contributed by atoms with Gasteiger partial charge in [0.15, 0.2) is 0 Å². The normalized spacial score (nSPS) is 20.0. The summed E-state index contributed by atoms with van der Waals surface area (Å²) in [5.41, 5.74) is 2.06. The molecule has 134 valence electrons. The molecule has 2 atom stereocenters. The number of amides is 1. The zero-order valence-corrected chi connectivity index (χ0v) is 14.5. The Labute approximate surface area is 151 Å². The highest BCUT2D eigenvalue weighted by atomic mass is 16.5. The number of carbonyl (C=O) groups is 1. The fraction of sp³-hybridized carbons (Fsp3) is 0.316. The Bertz CT molecular complexity index is 910. The zero-order chi connectivity index (χ0) is 17.9. The van der Waals surface area contributed by atoms with E-state index >= 15 is 0 Å². The van der Waals surface area contributed by atoms with Gasteiger partial charge in [-0.3, -0.25) is 4.79 Å². The predicted octanol–water partition coefficient (Wildman–Crippen LogP) is 2.00. The molecule has 0 unspecified atom stereocenters. The molecule has 4 heterocycles. The largest absolute Gasteiger partial charge is 0.470 e. The fourth-order valence-electron chi connectivity index (χ4n) is 3.12. The maximum Gasteiger partial charge on any atom is 0.255 e. The Morgan fingerprint density at radius 2 is 2.27 bits per heavy atom. The van der Waals surface area contributed by atoms with E-state index in [9.17, 15) is 4.79 Å². The van der Waals surface area contributed by atoms with Crippen molar-refractivity contribution >= 4 is 11.6 Å². The van der Waals surface area contributed by atoms with Crippen molar-refractivity contribution in [3.8, 4) is 5.88 Å². The van der Waals surface area contributed by atoms with Crippen molar-refractivity contribution in [2.24, 2.45) is 0 Å². The number of rotatable bonds is 4. The number of hydrogen-bond donors (Lipinski definition) is 1. The van der Waals surface area contributed by atoms with Crippen molar-refractivity contribution in [1.29, 1.82) is 0 Å². The van der Waals surface area contributed by atoms with Gasteiger partial charge in [0.1, 0.15) is 11.8 Å². The molecule has 4 rings (SSSR count). The lowest BCUT2D eigenvalue weighted by atomic mass is 10.1. The quantitative estimate of drug-likeness (QED) is 0.777. The Hall–Kier alpha value is -2.93. The molecule has 0 bridgehead atoms. The van der Waals surface area contributed by atoms with Crippen LogP contribution in [0.15, 0.2) is 48.9 Å². The van der Waals surface area contributed by atoms with E-state index in [1.165, 1.54) is 0 Å². The monoisotopic (exact) mass is 352 g/mol. The van der Waals surface area contributed by atoms with Gasteiger partial charge in [0, 0.05) is 31.3 Å². The number of aryl methyl sites for hydroxylation is 1. The first kappa shape index (κ1) is 16.5. The van der Waals surface area contributed by atoms with E-state index in [2.05, 4.69) is 15.3 Å². The molecule has 7 nitrogen and oxygen atoms in total. The van der Waals surface area contributed by atoms with Crippen LogP contribution >= 0.6 is 0 Å². The van der Waals surface area contributed by atoms with Crippen LogP contribution in [0.4, 0.5) is 0 Å². The number of fused-ring (bicyclic) bond motifs is 1. The molecule has 1 amide bonds. The minimum absolute atomic E-state index is 0.158. The second kappa shape index (κ2) is 7.13. The summed E-state index contributed by atoms with van der Waals surface area (Å²) in [6.07, 6.45) is 5.85. The SMILES string of the molecule is Cc1cn2cccc(C(=O)N[C@@H]3CCOC[C@H]3Oc3ccccn3)c2n1. The van der Waals surface area contributed by atoms with E-state index < -0.39 is 0 Å². The molecule has 1 aliphatic rings. The van der Waals surface area contributed by atoms with E-state index in [-0.39, 0.29) is 18.1 Å². The molecule has 1 fully saturated rings. The number of nitrogens with one attached hydrogen (secondary N) is 1. The Morgan fingerprint density at radius 3 is 3.12 bits per heavy atom. The van der Waals surface area contributed by atoms with Gasteiger partial charge in [-0.2, -0.15) is 0 Å². The lowest BCUT2D eigenvalue weighted by molar-refractivity contribution is -0.0152. The van der Waals surface area contributed by atoms with E-state index in [1.807, 2.05) is 41.9 Å². The summed E-state index contributed by atoms with van der Waals surface area (Å²) in [4.78, 5) is 21.5. The van der Waals surface area contributed by atoms with Gasteiger partial charge in [-0.05, 0) is 31.5 Å². The summed E-state index contributed by atoms with van der Waals surface area (Å²) in [5.74, 6) is 0.357. The van der Waals surface area contributed by atoms with E-state index in [0.29, 0.717) is 36.7 Å². The molecular formula is C19H20N4O3. The minimum Gasteiger partial charge on any atom is -0.470 e. The van der Waals surface area contributed by atoms with Crippen LogP contribution in [0, 0.1) is 6.92 Å². The maximum absolute atomic E-state index is 12.9. The third-order valence-corrected chi connectivity index (χ3v) is 4.38. The molecule has 0 spiro atoms. The van der Waals surface area contributed by atoms with Gasteiger partial charge in [0.25, 0.3) is 5.91 Å². The maximum atomic E-state index is 12.9. The van der Waals surface area contributed by atoms with Crippen LogP contribution in [0.2, 0.25) is 0 Å². The highest BCUT2D eigenvalue weighted by molar-refractivity contribution is 6.00. The molecule has 1 saturated heterocycles. The van der Waals surface area contributed by atoms with Crippen molar-refractivity contribution in [2.75, 3.05) is 13.2 Å². The van der Waals surface area contributed by atoms with E-state index in [1.54, 1.807) is 18.3 Å². The number of nitrogens with zero attached hydrogens (tertiary/aromatic N) is 3. The standard InChI is InChI=1S/C19H20N4O3/c1-13-11-23-9-4-5-14(18(23)21-13)19(24)22-15-7-10-25-12-16(15)26-17-6-2-3-8-20-17/h2-6,8-9,11,15-16H,7,10,12H2,1H3,(H,22,24)/t15-,16-/m1/s1. The molecule has 26 heavy (non-hydrogen) atoms. The molecular weight excluding hydrogens is 332 g/mol. The third kappa shape index (κ3) is 3.39. The molecule has 7 heteroatoms. The van der Waals surface area contributed by atoms with E-state index in [4.69, 9.17) is 9.47 Å². The van der Waals surface area contributed by atoms with Crippen molar-refractivity contribution in [1.82, 2.24) is 19.7 Å². The lowest BCUT2D eigenvalue weighted by Crippen LogP contribution is -2.51. The van der Waals surface area contributed by atoms with E-state index in [0.717, 1.165) is 5.69 Å². The van der Waals surface area contributed by atoms with Crippen molar-refractivity contribution < 1.29 is 14.3 Å². The van der Waals surface area contributed by atoms with Gasteiger partial charge in [-0.25, -0.2) is 9.97 Å². The van der Waals surface area contributed by atoms with Crippen LogP contribution in [-0.4, -0.2) is 45.6 Å². The molecule has 0 saturated carbocycles. The highest BCUT2D eigenvalue weighted by Crippen LogP contribution is 2.17. The van der Waals surface area contributed by atoms with Crippen LogP contribution in [0.1, 0.15) is 22.5 Å². The number of imidazole rings is 1. The summed E-state index contributed by atoms with van der Waals surface area (Å²) in [5, 5.41) is 3.08. The van der Waals surface area contributed by atoms with Gasteiger partial charge in [0.05, 0.1) is 23.9 Å². The summed E-state index contributed by atoms with van der Waals surface area (Å²) in [7, 11) is 0. The van der Waals surface area contributed by atoms with Crippen LogP contribution in [0.3, 0.4) is 0 Å². The van der Waals surface area contributed by atoms with Crippen LogP contribution in [0.5, 0.6) is 5.88 Å². The molecule has 1 aliphatic heterocycles. The Morgan fingerprint density at radius 1 is 1.35 bits per heavy atom. The lowest BCUT2D eigenvalue weighted by Gasteiger charge is -2.32. The molecule has 0 aromatic carbocycles. The first-order valence-corrected chi connectivity index (χ1v) is 8.61. The number of ether oxygens (including phenoxy) is 2. The van der Waals surface area contributed by atoms with Crippen LogP contribution in [0.25, 0.3) is 5.65 Å². The summed E-state index contributed by atoms with van der Waals surface area (Å²) in [6.45, 7) is 2.90. The number of aromatic nitrogens is 3. The summed E-state index contributed by atoms with van der Waals surface area (Å²) >= 11 is 0. The molecule has 1 N–H and O–H groups in total. The van der Waals surface area contributed by atoms with Gasteiger partial charge in [0.2, 0.25) is 5.88 Å². The first-order chi connectivity index (χ1) is 12.7. The third-order valence-electron chi connectivity index (χ3n) is 4.38. The highest BCUT2D eigenvalue weighted by Gasteiger charge is 2.30. The molecule has 0 radical (unpaired) electrons. The Balaban J connectivity index is 1.53. The number of carbonyl (C=O) groups excluding carboxylic acids is 1. The second-order valence-corrected chi connectivity index (χ2v) is 6.30. The average molecular weight is 352 g/mol. The average Bonchev–Trinajstić information content (AvgIpc) is 3.04. The van der Waals surface area contributed by atoms with Gasteiger partial charge in [-0.15, -0.1) is 0 Å². The van der Waals surface area contributed by atoms with Crippen molar-refractivity contribution in [3.05, 3.63) is 60.2 Å². The Kier molecular flexibility index (Phi) is 4.53. The van der Waals surface area contributed by atoms with Gasteiger partial charge in [-0.1, -0.05) is 6.07 Å². The van der Waals surface area contributed by atoms with Gasteiger partial charge < -0.3 is 19.2 Å². The zero-order valence-electron chi connectivity index (χ0n) is 14.5. The fourth-order valence-corrected chi connectivity index (χ4v) is 3.12. The van der Waals surface area contributed by atoms with Crippen molar-refractivity contribution in [2.45, 2.75) is 25.5 Å². The van der Waals surface area contributed by atoms with Gasteiger partial charge >= 0.3 is 0 Å². The molecule has 3 aromatic rings. The number of pyridine rings is 2. The van der Waals surface area contributed by atoms with Crippen molar-refractivity contribution in [3.63, 3.8) is 0 Å². The minimum atomic E-state index is -0.288. The topological polar surface area (TPSA) is 77.8 Å². The van der Waals surface area contributed by atoms with Crippen LogP contribution in [-0.2, 0) is 4.74 Å². The molecule has 0 aliphatic carbocycles. The second-order valence-electron chi connectivity index (χ2n) is 6.30. The molecule has 3 aromatic heterocycles. The summed E-state index contributed by atoms with van der Waals surface area (Å²) in [6, 6.07) is 8.95. The number of hydrogen-bond acceptors (Lipinski definition) is 5. The smallest absolute Gasteiger partial charge is 0.255 e. The van der Waals surface area contributed by atoms with Crippen LogP contribution < -0.4 is 10.1 Å².